The molecule has 0 aliphatic heterocycles. The fraction of sp³-hybridized carbons (Fsp3) is 0.455. The van der Waals surface area contributed by atoms with Crippen molar-refractivity contribution in [2.45, 2.75) is 24.8 Å². The molecule has 17 heavy (non-hydrogen) atoms. The first kappa shape index (κ1) is 14.4. The number of hydrogen-bond acceptors (Lipinski definition) is 3. The zero-order chi connectivity index (χ0) is 13.1. The summed E-state index contributed by atoms with van der Waals surface area (Å²) >= 11 is 5.71. The molecule has 1 aromatic rings. The van der Waals surface area contributed by atoms with Crippen molar-refractivity contribution in [2.75, 3.05) is 6.54 Å². The molecular formula is C11H17ClN2O2S. The zero-order valence-corrected chi connectivity index (χ0v) is 11.4. The van der Waals surface area contributed by atoms with Crippen LogP contribution in [0.5, 0.6) is 0 Å². The Morgan fingerprint density at radius 2 is 1.82 bits per heavy atom. The molecule has 0 aromatic heterocycles. The topological polar surface area (TPSA) is 72.2 Å². The lowest BCUT2D eigenvalue weighted by Gasteiger charge is -2.20. The van der Waals surface area contributed by atoms with Gasteiger partial charge in [-0.2, -0.15) is 0 Å². The van der Waals surface area contributed by atoms with Crippen LogP contribution in [0.1, 0.15) is 13.8 Å². The summed E-state index contributed by atoms with van der Waals surface area (Å²) in [6, 6.07) is 5.76. The Labute approximate surface area is 107 Å². The van der Waals surface area contributed by atoms with Crippen LogP contribution in [0, 0.1) is 5.92 Å². The summed E-state index contributed by atoms with van der Waals surface area (Å²) in [5.41, 5.74) is 5.54. The maximum absolute atomic E-state index is 12.0. The van der Waals surface area contributed by atoms with Gasteiger partial charge in [-0.15, -0.1) is 0 Å². The quantitative estimate of drug-likeness (QED) is 0.858. The summed E-state index contributed by atoms with van der Waals surface area (Å²) in [5, 5.41) is 0.503. The highest BCUT2D eigenvalue weighted by Gasteiger charge is 2.21. The number of rotatable bonds is 5. The maximum Gasteiger partial charge on any atom is 0.240 e. The molecule has 4 nitrogen and oxygen atoms in total. The molecule has 0 aliphatic rings. The van der Waals surface area contributed by atoms with Gasteiger partial charge < -0.3 is 5.73 Å². The van der Waals surface area contributed by atoms with Crippen LogP contribution in [-0.4, -0.2) is 21.0 Å². The Kier molecular flexibility index (Phi) is 4.94. The summed E-state index contributed by atoms with van der Waals surface area (Å²) in [6.45, 7) is 4.11. The van der Waals surface area contributed by atoms with Crippen LogP contribution >= 0.6 is 11.6 Å². The monoisotopic (exact) mass is 276 g/mol. The molecule has 3 N–H and O–H groups in total. The largest absolute Gasteiger partial charge is 0.329 e. The fourth-order valence-electron chi connectivity index (χ4n) is 1.34. The van der Waals surface area contributed by atoms with Gasteiger partial charge in [0.15, 0.2) is 0 Å². The van der Waals surface area contributed by atoms with Crippen molar-refractivity contribution < 1.29 is 8.42 Å². The molecule has 1 atom stereocenters. The molecular weight excluding hydrogens is 260 g/mol. The Morgan fingerprint density at radius 3 is 2.24 bits per heavy atom. The van der Waals surface area contributed by atoms with Gasteiger partial charge in [0.2, 0.25) is 10.0 Å². The molecule has 6 heteroatoms. The van der Waals surface area contributed by atoms with E-state index in [1.165, 1.54) is 12.1 Å². The minimum atomic E-state index is -3.52. The number of nitrogens with one attached hydrogen (secondary N) is 1. The van der Waals surface area contributed by atoms with E-state index in [1.807, 2.05) is 13.8 Å². The predicted octanol–water partition coefficient (Wildman–Crippen LogP) is 1.60. The van der Waals surface area contributed by atoms with Gasteiger partial charge in [0.25, 0.3) is 0 Å². The van der Waals surface area contributed by atoms with Gasteiger partial charge in [-0.1, -0.05) is 25.4 Å². The lowest BCUT2D eigenvalue weighted by molar-refractivity contribution is 0.455. The second kappa shape index (κ2) is 5.82. The molecule has 1 unspecified atom stereocenters. The number of nitrogens with two attached hydrogens (primary N) is 1. The van der Waals surface area contributed by atoms with E-state index in [1.54, 1.807) is 12.1 Å². The summed E-state index contributed by atoms with van der Waals surface area (Å²) in [7, 11) is -3.52. The van der Waals surface area contributed by atoms with Crippen molar-refractivity contribution in [3.8, 4) is 0 Å². The minimum Gasteiger partial charge on any atom is -0.329 e. The van der Waals surface area contributed by atoms with E-state index in [9.17, 15) is 8.42 Å². The minimum absolute atomic E-state index is 0.141. The Hall–Kier alpha value is -0.620. The van der Waals surface area contributed by atoms with Crippen molar-refractivity contribution in [1.29, 1.82) is 0 Å². The molecule has 0 amide bonds. The summed E-state index contributed by atoms with van der Waals surface area (Å²) < 4.78 is 26.6. The lowest BCUT2D eigenvalue weighted by atomic mass is 10.1. The second-order valence-corrected chi connectivity index (χ2v) is 6.31. The van der Waals surface area contributed by atoms with Gasteiger partial charge in [0, 0.05) is 17.6 Å². The van der Waals surface area contributed by atoms with Crippen LogP contribution in [0.15, 0.2) is 29.2 Å². The smallest absolute Gasteiger partial charge is 0.240 e. The molecule has 96 valence electrons. The molecule has 0 aliphatic carbocycles. The predicted molar refractivity (Wildman–Crippen MR) is 69.5 cm³/mol. The van der Waals surface area contributed by atoms with Crippen LogP contribution < -0.4 is 10.5 Å². The van der Waals surface area contributed by atoms with Crippen molar-refractivity contribution in [1.82, 2.24) is 4.72 Å². The Morgan fingerprint density at radius 1 is 1.29 bits per heavy atom. The van der Waals surface area contributed by atoms with Crippen molar-refractivity contribution in [3.05, 3.63) is 29.3 Å². The molecule has 1 aromatic carbocycles. The molecule has 0 radical (unpaired) electrons. The van der Waals surface area contributed by atoms with E-state index in [4.69, 9.17) is 17.3 Å². The molecule has 0 fully saturated rings. The Bertz CT molecular complexity index is 457. The third-order valence-electron chi connectivity index (χ3n) is 2.49. The van der Waals surface area contributed by atoms with Crippen LogP contribution in [0.4, 0.5) is 0 Å². The van der Waals surface area contributed by atoms with E-state index in [2.05, 4.69) is 4.72 Å². The van der Waals surface area contributed by atoms with E-state index in [0.29, 0.717) is 5.02 Å². The zero-order valence-electron chi connectivity index (χ0n) is 9.85. The van der Waals surface area contributed by atoms with Gasteiger partial charge in [-0.25, -0.2) is 13.1 Å². The molecule has 0 saturated carbocycles. The molecule has 0 spiro atoms. The fourth-order valence-corrected chi connectivity index (χ4v) is 2.86. The number of sulfonamides is 1. The van der Waals surface area contributed by atoms with E-state index >= 15 is 0 Å². The highest BCUT2D eigenvalue weighted by molar-refractivity contribution is 7.89. The highest BCUT2D eigenvalue weighted by Crippen LogP contribution is 2.15. The molecule has 1 rings (SSSR count). The summed E-state index contributed by atoms with van der Waals surface area (Å²) in [4.78, 5) is 0.195. The molecule has 0 heterocycles. The van der Waals surface area contributed by atoms with Gasteiger partial charge in [0.1, 0.15) is 0 Å². The molecule has 0 saturated heterocycles. The summed E-state index contributed by atoms with van der Waals surface area (Å²) in [6.07, 6.45) is 0. The van der Waals surface area contributed by atoms with Gasteiger partial charge in [-0.05, 0) is 30.2 Å². The van der Waals surface area contributed by atoms with Gasteiger partial charge in [0.05, 0.1) is 4.90 Å². The van der Waals surface area contributed by atoms with Gasteiger partial charge in [-0.3, -0.25) is 0 Å². The SMILES string of the molecule is CC(C)C(CN)NS(=O)(=O)c1ccc(Cl)cc1. The second-order valence-electron chi connectivity index (χ2n) is 4.16. The van der Waals surface area contributed by atoms with Crippen molar-refractivity contribution >= 4 is 21.6 Å². The highest BCUT2D eigenvalue weighted by atomic mass is 35.5. The first-order valence-corrected chi connectivity index (χ1v) is 7.21. The van der Waals surface area contributed by atoms with Crippen LogP contribution in [0.2, 0.25) is 5.02 Å². The average Bonchev–Trinajstić information content (AvgIpc) is 2.26. The number of benzene rings is 1. The van der Waals surface area contributed by atoms with E-state index in [-0.39, 0.29) is 23.4 Å². The first-order valence-electron chi connectivity index (χ1n) is 5.35. The van der Waals surface area contributed by atoms with Crippen LogP contribution in [0.3, 0.4) is 0 Å². The third-order valence-corrected chi connectivity index (χ3v) is 4.25. The normalized spacial score (nSPS) is 13.9. The maximum atomic E-state index is 12.0. The van der Waals surface area contributed by atoms with Crippen LogP contribution in [0.25, 0.3) is 0 Å². The average molecular weight is 277 g/mol. The Balaban J connectivity index is 2.92. The molecule has 0 bridgehead atoms. The van der Waals surface area contributed by atoms with Gasteiger partial charge >= 0.3 is 0 Å². The lowest BCUT2D eigenvalue weighted by Crippen LogP contribution is -2.43. The standard InChI is InChI=1S/C11H17ClN2O2S/c1-8(2)11(7-13)14-17(15,16)10-5-3-9(12)4-6-10/h3-6,8,11,14H,7,13H2,1-2H3. The number of hydrogen-bond donors (Lipinski definition) is 2. The van der Waals surface area contributed by atoms with Crippen molar-refractivity contribution in [2.24, 2.45) is 11.7 Å². The van der Waals surface area contributed by atoms with Crippen molar-refractivity contribution in [3.63, 3.8) is 0 Å². The third kappa shape index (κ3) is 3.96. The summed E-state index contributed by atoms with van der Waals surface area (Å²) in [5.74, 6) is 0.141. The van der Waals surface area contributed by atoms with Crippen LogP contribution in [-0.2, 0) is 10.0 Å². The number of halogens is 1. The first-order chi connectivity index (χ1) is 7.86. The van der Waals surface area contributed by atoms with E-state index in [0.717, 1.165) is 0 Å². The van der Waals surface area contributed by atoms with E-state index < -0.39 is 10.0 Å².